The van der Waals surface area contributed by atoms with Gasteiger partial charge in [-0.2, -0.15) is 0 Å². The van der Waals surface area contributed by atoms with Crippen LogP contribution in [0, 0.1) is 0 Å². The molecule has 0 atom stereocenters. The molecule has 0 radical (unpaired) electrons. The minimum absolute atomic E-state index is 0.0635. The molecule has 0 amide bonds. The zero-order chi connectivity index (χ0) is 39.5. The van der Waals surface area contributed by atoms with Crippen molar-refractivity contribution in [1.82, 2.24) is 15.0 Å². The molecule has 0 spiro atoms. The summed E-state index contributed by atoms with van der Waals surface area (Å²) in [6.07, 6.45) is 3.70. The first-order valence-electron chi connectivity index (χ1n) is 20.2. The molecule has 3 nitrogen and oxygen atoms in total. The molecule has 0 aliphatic heterocycles. The van der Waals surface area contributed by atoms with Gasteiger partial charge in [-0.3, -0.25) is 4.98 Å². The van der Waals surface area contributed by atoms with Crippen LogP contribution in [0.5, 0.6) is 0 Å². The van der Waals surface area contributed by atoms with Crippen molar-refractivity contribution in [3.05, 3.63) is 212 Å². The smallest absolute Gasteiger partial charge is 0.160 e. The average Bonchev–Trinajstić information content (AvgIpc) is 3.52. The van der Waals surface area contributed by atoms with Crippen LogP contribution in [0.25, 0.3) is 100.0 Å². The van der Waals surface area contributed by atoms with E-state index in [2.05, 4.69) is 183 Å². The monoisotopic (exact) mass is 753 g/mol. The summed E-state index contributed by atoms with van der Waals surface area (Å²) >= 11 is 0. The average molecular weight is 754 g/mol. The number of nitrogens with zero attached hydrogens (tertiary/aromatic N) is 3. The first kappa shape index (κ1) is 34.7. The van der Waals surface area contributed by atoms with E-state index < -0.39 is 0 Å². The summed E-state index contributed by atoms with van der Waals surface area (Å²) < 4.78 is 0. The molecule has 8 aromatic carbocycles. The molecule has 278 valence electrons. The number of fused-ring (bicyclic) bond motifs is 5. The predicted octanol–water partition coefficient (Wildman–Crippen LogP) is 14.5. The Hall–Kier alpha value is -7.49. The second kappa shape index (κ2) is 13.9. The molecule has 0 fully saturated rings. The van der Waals surface area contributed by atoms with Gasteiger partial charge in [-0.25, -0.2) is 9.97 Å². The van der Waals surface area contributed by atoms with Crippen LogP contribution in [-0.4, -0.2) is 15.0 Å². The Kier molecular flexibility index (Phi) is 8.16. The van der Waals surface area contributed by atoms with E-state index in [0.717, 1.165) is 44.6 Å². The van der Waals surface area contributed by atoms with Crippen molar-refractivity contribution in [3.8, 4) is 78.4 Å². The Bertz CT molecular complexity index is 3240. The lowest BCUT2D eigenvalue weighted by Gasteiger charge is -2.22. The number of rotatable bonds is 6. The lowest BCUT2D eigenvalue weighted by molar-refractivity contribution is 0.661. The molecule has 2 aromatic heterocycles. The Labute approximate surface area is 344 Å². The minimum Gasteiger partial charge on any atom is -0.264 e. The zero-order valence-electron chi connectivity index (χ0n) is 32.9. The van der Waals surface area contributed by atoms with Gasteiger partial charge in [0.05, 0.1) is 11.4 Å². The first-order valence-corrected chi connectivity index (χ1v) is 20.2. The highest BCUT2D eigenvalue weighted by Gasteiger charge is 2.35. The predicted molar refractivity (Wildman–Crippen MR) is 245 cm³/mol. The summed E-state index contributed by atoms with van der Waals surface area (Å²) in [5.41, 5.74) is 17.2. The van der Waals surface area contributed by atoms with Gasteiger partial charge in [-0.15, -0.1) is 0 Å². The lowest BCUT2D eigenvalue weighted by Crippen LogP contribution is -2.14. The van der Waals surface area contributed by atoms with Crippen LogP contribution in [-0.2, 0) is 5.41 Å². The molecular formula is C56H39N3. The fourth-order valence-electron chi connectivity index (χ4n) is 9.10. The molecule has 0 bridgehead atoms. The molecule has 3 heteroatoms. The van der Waals surface area contributed by atoms with Crippen LogP contribution < -0.4 is 0 Å². The number of aromatic nitrogens is 3. The van der Waals surface area contributed by atoms with Crippen molar-refractivity contribution in [2.45, 2.75) is 19.3 Å². The zero-order valence-corrected chi connectivity index (χ0v) is 32.9. The van der Waals surface area contributed by atoms with E-state index in [-0.39, 0.29) is 5.41 Å². The van der Waals surface area contributed by atoms with E-state index in [9.17, 15) is 0 Å². The molecular weight excluding hydrogens is 715 g/mol. The van der Waals surface area contributed by atoms with Crippen molar-refractivity contribution < 1.29 is 0 Å². The maximum atomic E-state index is 5.24. The molecule has 1 aliphatic rings. The van der Waals surface area contributed by atoms with Crippen LogP contribution in [0.3, 0.4) is 0 Å². The molecule has 10 aromatic rings. The highest BCUT2D eigenvalue weighted by Crippen LogP contribution is 2.51. The van der Waals surface area contributed by atoms with Gasteiger partial charge in [-0.05, 0) is 114 Å². The van der Waals surface area contributed by atoms with Crippen molar-refractivity contribution in [2.24, 2.45) is 0 Å². The van der Waals surface area contributed by atoms with Gasteiger partial charge < -0.3 is 0 Å². The molecule has 1 aliphatic carbocycles. The van der Waals surface area contributed by atoms with Crippen LogP contribution in [0.2, 0.25) is 0 Å². The van der Waals surface area contributed by atoms with Gasteiger partial charge in [0, 0.05) is 40.1 Å². The number of pyridine rings is 1. The van der Waals surface area contributed by atoms with Gasteiger partial charge in [-0.1, -0.05) is 159 Å². The second-order valence-electron chi connectivity index (χ2n) is 16.1. The fraction of sp³-hybridized carbons (Fsp3) is 0.0536. The third kappa shape index (κ3) is 6.02. The maximum Gasteiger partial charge on any atom is 0.160 e. The van der Waals surface area contributed by atoms with Gasteiger partial charge >= 0.3 is 0 Å². The topological polar surface area (TPSA) is 38.7 Å². The van der Waals surface area contributed by atoms with Crippen molar-refractivity contribution in [3.63, 3.8) is 0 Å². The van der Waals surface area contributed by atoms with Gasteiger partial charge in [0.1, 0.15) is 0 Å². The number of hydrogen-bond acceptors (Lipinski definition) is 3. The summed E-state index contributed by atoms with van der Waals surface area (Å²) in [6, 6.07) is 67.7. The normalized spacial score (nSPS) is 12.7. The summed E-state index contributed by atoms with van der Waals surface area (Å²) in [4.78, 5) is 14.7. The second-order valence-corrected chi connectivity index (χ2v) is 16.1. The van der Waals surface area contributed by atoms with Gasteiger partial charge in [0.2, 0.25) is 0 Å². The Balaban J connectivity index is 1.01. The van der Waals surface area contributed by atoms with Crippen LogP contribution in [0.15, 0.2) is 200 Å². The molecule has 0 saturated heterocycles. The lowest BCUT2D eigenvalue weighted by atomic mass is 9.81. The van der Waals surface area contributed by atoms with Crippen molar-refractivity contribution in [1.29, 1.82) is 0 Å². The fourth-order valence-corrected chi connectivity index (χ4v) is 9.10. The van der Waals surface area contributed by atoms with Crippen molar-refractivity contribution in [2.75, 3.05) is 0 Å². The molecule has 11 rings (SSSR count). The van der Waals surface area contributed by atoms with Gasteiger partial charge in [0.15, 0.2) is 5.82 Å². The molecule has 0 unspecified atom stereocenters. The Morgan fingerprint density at radius 2 is 0.949 bits per heavy atom. The van der Waals surface area contributed by atoms with E-state index in [4.69, 9.17) is 9.97 Å². The van der Waals surface area contributed by atoms with Crippen LogP contribution >= 0.6 is 0 Å². The first-order chi connectivity index (χ1) is 29.0. The van der Waals surface area contributed by atoms with E-state index in [1.54, 1.807) is 6.20 Å². The van der Waals surface area contributed by atoms with E-state index in [1.165, 1.54) is 60.7 Å². The third-order valence-corrected chi connectivity index (χ3v) is 12.2. The maximum absolute atomic E-state index is 5.24. The van der Waals surface area contributed by atoms with Crippen molar-refractivity contribution >= 4 is 21.5 Å². The number of benzene rings is 8. The molecule has 2 heterocycles. The Morgan fingerprint density at radius 1 is 0.356 bits per heavy atom. The molecule has 0 N–H and O–H groups in total. The largest absolute Gasteiger partial charge is 0.264 e. The standard InChI is InChI=1S/C56H39N3/c1-56(2)51-27-24-41(32-49(51)50-31-39-15-6-7-16-40(39)33-52(50)56)37-17-10-19-42(29-37)45-25-26-48(47-23-9-8-22-46(45)47)54-34-53(58-55(59-54)36-13-4-3-5-14-36)43-20-11-18-38(30-43)44-21-12-28-57-35-44/h3-35H,1-2H3. The minimum atomic E-state index is -0.0635. The van der Waals surface area contributed by atoms with E-state index >= 15 is 0 Å². The number of hydrogen-bond donors (Lipinski definition) is 0. The highest BCUT2D eigenvalue weighted by molar-refractivity contribution is 6.05. The van der Waals surface area contributed by atoms with E-state index in [1.807, 2.05) is 30.5 Å². The molecule has 59 heavy (non-hydrogen) atoms. The SMILES string of the molecule is CC1(C)c2ccc(-c3cccc(-c4ccc(-c5cc(-c6cccc(-c7cccnc7)c6)nc(-c6ccccc6)n5)c5ccccc45)c3)cc2-c2cc3ccccc3cc21. The van der Waals surface area contributed by atoms with E-state index in [0.29, 0.717) is 5.82 Å². The molecule has 0 saturated carbocycles. The summed E-state index contributed by atoms with van der Waals surface area (Å²) in [5.74, 6) is 0.694. The summed E-state index contributed by atoms with van der Waals surface area (Å²) in [5, 5.41) is 4.90. The third-order valence-electron chi connectivity index (χ3n) is 12.2. The van der Waals surface area contributed by atoms with Crippen LogP contribution in [0.1, 0.15) is 25.0 Å². The summed E-state index contributed by atoms with van der Waals surface area (Å²) in [7, 11) is 0. The van der Waals surface area contributed by atoms with Crippen LogP contribution in [0.4, 0.5) is 0 Å². The quantitative estimate of drug-likeness (QED) is 0.170. The van der Waals surface area contributed by atoms with Gasteiger partial charge in [0.25, 0.3) is 0 Å². The Morgan fingerprint density at radius 3 is 1.75 bits per heavy atom. The highest BCUT2D eigenvalue weighted by atomic mass is 14.9. The summed E-state index contributed by atoms with van der Waals surface area (Å²) in [6.45, 7) is 4.71.